The number of aryl methyl sites for hydroxylation is 1. The van der Waals surface area contributed by atoms with Crippen molar-refractivity contribution < 1.29 is 0 Å². The molecule has 2 heteroatoms. The van der Waals surface area contributed by atoms with E-state index in [4.69, 9.17) is 4.98 Å². The molecule has 156 valence electrons. The molecule has 31 heavy (non-hydrogen) atoms. The van der Waals surface area contributed by atoms with Crippen LogP contribution in [0.3, 0.4) is 0 Å². The molecule has 0 spiro atoms. The highest BCUT2D eigenvalue weighted by Gasteiger charge is 2.33. The van der Waals surface area contributed by atoms with Crippen molar-refractivity contribution in [3.05, 3.63) is 108 Å². The van der Waals surface area contributed by atoms with Crippen LogP contribution in [0.2, 0.25) is 6.55 Å². The van der Waals surface area contributed by atoms with Gasteiger partial charge in [0, 0.05) is 11.8 Å². The highest BCUT2D eigenvalue weighted by molar-refractivity contribution is 7.10. The standard InChI is InChI=1S/C29H31NSi/c1-5-23-20-29(30-21-28(23)22(2)3)24-16-18-27(19-17-24)31(4,25-12-8-6-9-13-25)26-14-10-7-11-15-26/h6-22H,5H2,1-4H3. The molecule has 0 N–H and O–H groups in total. The van der Waals surface area contributed by atoms with E-state index in [2.05, 4.69) is 125 Å². The highest BCUT2D eigenvalue weighted by Crippen LogP contribution is 2.24. The molecule has 0 radical (unpaired) electrons. The Labute approximate surface area is 187 Å². The molecule has 3 aromatic carbocycles. The SMILES string of the molecule is CCc1cc(-c2ccc([Si](C)(c3ccccc3)c3ccccc3)cc2)ncc1C(C)C. The first-order valence-electron chi connectivity index (χ1n) is 11.2. The second-order valence-corrected chi connectivity index (χ2v) is 12.7. The molecule has 0 saturated heterocycles. The second-order valence-electron chi connectivity index (χ2n) is 8.71. The van der Waals surface area contributed by atoms with Crippen LogP contribution in [0, 0.1) is 0 Å². The maximum atomic E-state index is 4.80. The monoisotopic (exact) mass is 421 g/mol. The van der Waals surface area contributed by atoms with E-state index in [1.807, 2.05) is 0 Å². The van der Waals surface area contributed by atoms with Crippen LogP contribution in [-0.4, -0.2) is 13.1 Å². The molecule has 4 aromatic rings. The molecule has 0 aliphatic carbocycles. The molecule has 0 atom stereocenters. The van der Waals surface area contributed by atoms with Crippen LogP contribution in [0.25, 0.3) is 11.3 Å². The molecule has 0 aliphatic heterocycles. The first kappa shape index (κ1) is 21.3. The Morgan fingerprint density at radius 2 is 1.26 bits per heavy atom. The second kappa shape index (κ2) is 9.03. The van der Waals surface area contributed by atoms with Crippen LogP contribution >= 0.6 is 0 Å². The predicted molar refractivity (Wildman–Crippen MR) is 137 cm³/mol. The third kappa shape index (κ3) is 4.13. The maximum Gasteiger partial charge on any atom is 0.145 e. The molecular formula is C29H31NSi. The van der Waals surface area contributed by atoms with Crippen molar-refractivity contribution in [2.24, 2.45) is 0 Å². The van der Waals surface area contributed by atoms with Gasteiger partial charge in [-0.3, -0.25) is 4.98 Å². The van der Waals surface area contributed by atoms with Crippen molar-refractivity contribution in [3.8, 4) is 11.3 Å². The Balaban J connectivity index is 1.77. The fourth-order valence-corrected chi connectivity index (χ4v) is 8.06. The van der Waals surface area contributed by atoms with E-state index < -0.39 is 8.07 Å². The molecule has 0 amide bonds. The lowest BCUT2D eigenvalue weighted by Crippen LogP contribution is -2.64. The lowest BCUT2D eigenvalue weighted by Gasteiger charge is -2.29. The van der Waals surface area contributed by atoms with Crippen LogP contribution in [0.15, 0.2) is 97.2 Å². The largest absolute Gasteiger partial charge is 0.256 e. The fraction of sp³-hybridized carbons (Fsp3) is 0.207. The minimum atomic E-state index is -2.06. The van der Waals surface area contributed by atoms with Gasteiger partial charge in [-0.15, -0.1) is 0 Å². The normalized spacial score (nSPS) is 11.6. The first-order valence-corrected chi connectivity index (χ1v) is 13.7. The summed E-state index contributed by atoms with van der Waals surface area (Å²) in [6.45, 7) is 9.16. The van der Waals surface area contributed by atoms with Crippen LogP contribution in [0.1, 0.15) is 37.8 Å². The van der Waals surface area contributed by atoms with Gasteiger partial charge < -0.3 is 0 Å². The van der Waals surface area contributed by atoms with Gasteiger partial charge in [0.05, 0.1) is 5.69 Å². The van der Waals surface area contributed by atoms with Gasteiger partial charge in [-0.1, -0.05) is 112 Å². The zero-order valence-corrected chi connectivity index (χ0v) is 20.0. The van der Waals surface area contributed by atoms with Gasteiger partial charge in [-0.25, -0.2) is 0 Å². The Hall–Kier alpha value is -2.97. The Kier molecular flexibility index (Phi) is 6.19. The quantitative estimate of drug-likeness (QED) is 0.294. The number of nitrogens with zero attached hydrogens (tertiary/aromatic N) is 1. The van der Waals surface area contributed by atoms with E-state index in [1.165, 1.54) is 32.3 Å². The van der Waals surface area contributed by atoms with Gasteiger partial charge in [0.25, 0.3) is 0 Å². The summed E-state index contributed by atoms with van der Waals surface area (Å²) < 4.78 is 0. The number of aromatic nitrogens is 1. The van der Waals surface area contributed by atoms with E-state index in [0.717, 1.165) is 12.1 Å². The molecule has 1 heterocycles. The van der Waals surface area contributed by atoms with Crippen molar-refractivity contribution in [2.75, 3.05) is 0 Å². The van der Waals surface area contributed by atoms with Crippen LogP contribution < -0.4 is 15.6 Å². The summed E-state index contributed by atoms with van der Waals surface area (Å²) in [6.07, 6.45) is 3.10. The molecule has 0 saturated carbocycles. The topological polar surface area (TPSA) is 12.9 Å². The summed E-state index contributed by atoms with van der Waals surface area (Å²) in [6, 6.07) is 33.4. The van der Waals surface area contributed by atoms with Crippen LogP contribution in [0.4, 0.5) is 0 Å². The van der Waals surface area contributed by atoms with Gasteiger partial charge in [-0.05, 0) is 45.1 Å². The van der Waals surface area contributed by atoms with Crippen LogP contribution in [-0.2, 0) is 6.42 Å². The Morgan fingerprint density at radius 3 is 1.74 bits per heavy atom. The maximum absolute atomic E-state index is 4.80. The van der Waals surface area contributed by atoms with Gasteiger partial charge in [-0.2, -0.15) is 0 Å². The smallest absolute Gasteiger partial charge is 0.145 e. The van der Waals surface area contributed by atoms with E-state index in [-0.39, 0.29) is 0 Å². The molecular weight excluding hydrogens is 390 g/mol. The van der Waals surface area contributed by atoms with E-state index >= 15 is 0 Å². The minimum Gasteiger partial charge on any atom is -0.256 e. The Bertz CT molecular complexity index is 1090. The number of hydrogen-bond donors (Lipinski definition) is 0. The third-order valence-electron chi connectivity index (χ3n) is 6.49. The van der Waals surface area contributed by atoms with Gasteiger partial charge in [0.15, 0.2) is 0 Å². The van der Waals surface area contributed by atoms with Crippen molar-refractivity contribution in [3.63, 3.8) is 0 Å². The van der Waals surface area contributed by atoms with Crippen molar-refractivity contribution >= 4 is 23.6 Å². The Morgan fingerprint density at radius 1 is 0.742 bits per heavy atom. The van der Waals surface area contributed by atoms with Crippen molar-refractivity contribution in [2.45, 2.75) is 39.7 Å². The van der Waals surface area contributed by atoms with Crippen LogP contribution in [0.5, 0.6) is 0 Å². The third-order valence-corrected chi connectivity index (χ3v) is 11.0. The predicted octanol–water partition coefficient (Wildman–Crippen LogP) is 5.53. The lowest BCUT2D eigenvalue weighted by atomic mass is 9.96. The zero-order chi connectivity index (χ0) is 21.8. The van der Waals surface area contributed by atoms with E-state index in [1.54, 1.807) is 0 Å². The average molecular weight is 422 g/mol. The molecule has 1 aromatic heterocycles. The van der Waals surface area contributed by atoms with Gasteiger partial charge in [0.1, 0.15) is 8.07 Å². The number of pyridine rings is 1. The fourth-order valence-electron chi connectivity index (χ4n) is 4.51. The van der Waals surface area contributed by atoms with Crippen molar-refractivity contribution in [1.29, 1.82) is 0 Å². The van der Waals surface area contributed by atoms with E-state index in [0.29, 0.717) is 5.92 Å². The number of benzene rings is 3. The molecule has 1 nitrogen and oxygen atoms in total. The number of hydrogen-bond acceptors (Lipinski definition) is 1. The van der Waals surface area contributed by atoms with Gasteiger partial charge in [0.2, 0.25) is 0 Å². The summed E-state index contributed by atoms with van der Waals surface area (Å²) in [7, 11) is -2.06. The molecule has 0 aliphatic rings. The van der Waals surface area contributed by atoms with Gasteiger partial charge >= 0.3 is 0 Å². The summed E-state index contributed by atoms with van der Waals surface area (Å²) in [5.74, 6) is 0.502. The molecule has 4 rings (SSSR count). The van der Waals surface area contributed by atoms with E-state index in [9.17, 15) is 0 Å². The summed E-state index contributed by atoms with van der Waals surface area (Å²) in [5.41, 5.74) is 5.01. The average Bonchev–Trinajstić information content (AvgIpc) is 2.84. The zero-order valence-electron chi connectivity index (χ0n) is 19.0. The highest BCUT2D eigenvalue weighted by atomic mass is 28.3. The minimum absolute atomic E-state index is 0.502. The number of rotatable bonds is 6. The first-order chi connectivity index (χ1) is 15.0. The molecule has 0 bridgehead atoms. The van der Waals surface area contributed by atoms with Crippen molar-refractivity contribution in [1.82, 2.24) is 4.98 Å². The summed E-state index contributed by atoms with van der Waals surface area (Å²) in [5, 5.41) is 4.28. The lowest BCUT2D eigenvalue weighted by molar-refractivity contribution is 0.836. The molecule has 0 fully saturated rings. The molecule has 0 unspecified atom stereocenters. The summed E-state index contributed by atoms with van der Waals surface area (Å²) >= 11 is 0. The summed E-state index contributed by atoms with van der Waals surface area (Å²) in [4.78, 5) is 4.80.